The molecular weight excluding hydrogens is 281 g/mol. The van der Waals surface area contributed by atoms with Gasteiger partial charge in [0.2, 0.25) is 0 Å². The summed E-state index contributed by atoms with van der Waals surface area (Å²) < 4.78 is 14.7. The van der Waals surface area contributed by atoms with Crippen LogP contribution in [0, 0.1) is 0 Å². The van der Waals surface area contributed by atoms with E-state index < -0.39 is 5.72 Å². The molecule has 0 bridgehead atoms. The number of hydrogen-bond donors (Lipinski definition) is 1. The third-order valence-corrected chi connectivity index (χ3v) is 2.95. The summed E-state index contributed by atoms with van der Waals surface area (Å²) in [7, 11) is 0. The smallest absolute Gasteiger partial charge is 0.111 e. The van der Waals surface area contributed by atoms with E-state index in [-0.39, 0.29) is 26.7 Å². The van der Waals surface area contributed by atoms with Crippen LogP contribution in [0.25, 0.3) is 0 Å². The van der Waals surface area contributed by atoms with Crippen molar-refractivity contribution in [1.29, 1.82) is 0 Å². The van der Waals surface area contributed by atoms with Crippen LogP contribution in [-0.2, 0) is 7.80 Å². The van der Waals surface area contributed by atoms with Crippen molar-refractivity contribution in [2.45, 2.75) is 45.4 Å². The maximum absolute atomic E-state index is 5.67. The highest BCUT2D eigenvalue weighted by Crippen LogP contribution is 2.20. The molecule has 0 atom stereocenters. The SMILES string of the molecule is C=IOC(C)(C)CCOC(C)(C)N. The minimum Gasteiger partial charge on any atom is -0.361 e. The van der Waals surface area contributed by atoms with E-state index in [4.69, 9.17) is 13.5 Å². The molecule has 13 heavy (non-hydrogen) atoms. The molecule has 0 fully saturated rings. The van der Waals surface area contributed by atoms with Gasteiger partial charge in [0.05, 0.1) is 12.2 Å². The van der Waals surface area contributed by atoms with Crippen LogP contribution >= 0.6 is 21.1 Å². The Hall–Kier alpha value is 0.480. The van der Waals surface area contributed by atoms with Gasteiger partial charge in [-0.3, -0.25) is 0 Å². The molecule has 0 aromatic carbocycles. The third-order valence-electron chi connectivity index (χ3n) is 1.44. The zero-order valence-corrected chi connectivity index (χ0v) is 11.1. The molecule has 0 unspecified atom stereocenters. The summed E-state index contributed by atoms with van der Waals surface area (Å²) in [4.78, 5) is 0. The van der Waals surface area contributed by atoms with Crippen molar-refractivity contribution in [1.82, 2.24) is 0 Å². The van der Waals surface area contributed by atoms with E-state index in [1.54, 1.807) is 0 Å². The Kier molecular flexibility index (Phi) is 5.58. The lowest BCUT2D eigenvalue weighted by Gasteiger charge is -2.25. The van der Waals surface area contributed by atoms with Crippen molar-refractivity contribution in [3.05, 3.63) is 0 Å². The summed E-state index contributed by atoms with van der Waals surface area (Å²) >= 11 is -0.366. The van der Waals surface area contributed by atoms with Gasteiger partial charge >= 0.3 is 0 Å². The molecule has 0 heterocycles. The first-order chi connectivity index (χ1) is 5.77. The van der Waals surface area contributed by atoms with E-state index in [0.29, 0.717) is 6.61 Å². The van der Waals surface area contributed by atoms with Crippen LogP contribution in [0.4, 0.5) is 0 Å². The molecule has 0 saturated carbocycles. The highest BCUT2D eigenvalue weighted by molar-refractivity contribution is 14.2. The van der Waals surface area contributed by atoms with Gasteiger partial charge in [-0.05, 0) is 32.2 Å². The molecule has 3 nitrogen and oxygen atoms in total. The molecule has 2 N–H and O–H groups in total. The average molecular weight is 301 g/mol. The maximum Gasteiger partial charge on any atom is 0.111 e. The molecule has 0 aliphatic heterocycles. The standard InChI is InChI=1S/C9H20INO2/c1-8(2,13-10-5)6-7-12-9(3,4)11/h5-7,11H2,1-4H3. The van der Waals surface area contributed by atoms with E-state index in [2.05, 4.69) is 4.51 Å². The minimum atomic E-state index is -0.546. The van der Waals surface area contributed by atoms with Crippen LogP contribution in [0.2, 0.25) is 0 Å². The van der Waals surface area contributed by atoms with Gasteiger partial charge in [0, 0.05) is 27.6 Å². The molecule has 0 saturated heterocycles. The second-order valence-corrected chi connectivity index (χ2v) is 5.21. The van der Waals surface area contributed by atoms with Crippen LogP contribution in [0.3, 0.4) is 0 Å². The first-order valence-corrected chi connectivity index (χ1v) is 6.67. The molecule has 0 aliphatic carbocycles. The summed E-state index contributed by atoms with van der Waals surface area (Å²) in [5, 5.41) is 0. The fourth-order valence-electron chi connectivity index (χ4n) is 0.746. The lowest BCUT2D eigenvalue weighted by molar-refractivity contribution is -0.0306. The zero-order valence-electron chi connectivity index (χ0n) is 8.89. The fourth-order valence-corrected chi connectivity index (χ4v) is 1.81. The van der Waals surface area contributed by atoms with Crippen LogP contribution < -0.4 is 5.73 Å². The van der Waals surface area contributed by atoms with E-state index in [1.807, 2.05) is 27.7 Å². The summed E-state index contributed by atoms with van der Waals surface area (Å²) in [6.45, 7) is 8.40. The quantitative estimate of drug-likeness (QED) is 0.604. The Morgan fingerprint density at radius 2 is 1.85 bits per heavy atom. The first-order valence-electron chi connectivity index (χ1n) is 4.26. The molecule has 0 aliphatic rings. The Bertz CT molecular complexity index is 163. The number of hydrogen-bond acceptors (Lipinski definition) is 3. The van der Waals surface area contributed by atoms with Crippen molar-refractivity contribution >= 4 is 25.7 Å². The molecule has 0 rings (SSSR count). The molecule has 0 radical (unpaired) electrons. The van der Waals surface area contributed by atoms with Crippen molar-refractivity contribution in [3.63, 3.8) is 0 Å². The van der Waals surface area contributed by atoms with Gasteiger partial charge < -0.3 is 13.5 Å². The highest BCUT2D eigenvalue weighted by Gasteiger charge is 2.19. The van der Waals surface area contributed by atoms with Gasteiger partial charge in [0.15, 0.2) is 0 Å². The van der Waals surface area contributed by atoms with E-state index >= 15 is 0 Å². The predicted molar refractivity (Wildman–Crippen MR) is 65.1 cm³/mol. The van der Waals surface area contributed by atoms with Gasteiger partial charge in [-0.2, -0.15) is 0 Å². The molecular formula is C9H20INO2. The predicted octanol–water partition coefficient (Wildman–Crippen LogP) is 2.20. The number of halogens is 1. The van der Waals surface area contributed by atoms with Gasteiger partial charge in [-0.15, -0.1) is 0 Å². The molecule has 80 valence electrons. The molecule has 0 spiro atoms. The summed E-state index contributed by atoms with van der Waals surface area (Å²) in [5.41, 5.74) is 5.00. The lowest BCUT2D eigenvalue weighted by atomic mass is 10.1. The van der Waals surface area contributed by atoms with Gasteiger partial charge in [-0.1, -0.05) is 0 Å². The summed E-state index contributed by atoms with van der Waals surface area (Å²) in [5.74, 6) is 0. The maximum atomic E-state index is 5.67. The normalized spacial score (nSPS) is 13.3. The molecule has 0 amide bonds. The molecule has 0 aromatic rings. The van der Waals surface area contributed by atoms with Crippen molar-refractivity contribution in [3.8, 4) is 0 Å². The van der Waals surface area contributed by atoms with Crippen LogP contribution in [0.15, 0.2) is 0 Å². The Balaban J connectivity index is 3.69. The zero-order chi connectivity index (χ0) is 10.5. The van der Waals surface area contributed by atoms with Crippen LogP contribution in [0.1, 0.15) is 34.1 Å². The van der Waals surface area contributed by atoms with E-state index in [9.17, 15) is 0 Å². The Morgan fingerprint density at radius 1 is 1.31 bits per heavy atom. The van der Waals surface area contributed by atoms with Crippen molar-refractivity contribution < 1.29 is 7.80 Å². The number of rotatable bonds is 6. The Morgan fingerprint density at radius 3 is 2.23 bits per heavy atom. The average Bonchev–Trinajstić information content (AvgIpc) is 1.82. The van der Waals surface area contributed by atoms with Crippen LogP contribution in [0.5, 0.6) is 0 Å². The number of ether oxygens (including phenoxy) is 1. The van der Waals surface area contributed by atoms with Gasteiger partial charge in [-0.25, -0.2) is 0 Å². The topological polar surface area (TPSA) is 44.5 Å². The third kappa shape index (κ3) is 8.80. The second-order valence-electron chi connectivity index (χ2n) is 4.15. The van der Waals surface area contributed by atoms with Crippen LogP contribution in [-0.4, -0.2) is 22.4 Å². The Labute approximate surface area is 91.3 Å². The highest BCUT2D eigenvalue weighted by atomic mass is 127. The molecule has 4 heteroatoms. The summed E-state index contributed by atoms with van der Waals surface area (Å²) in [6.07, 6.45) is 0.850. The first kappa shape index (κ1) is 13.5. The summed E-state index contributed by atoms with van der Waals surface area (Å²) in [6, 6.07) is 0. The van der Waals surface area contributed by atoms with Crippen molar-refractivity contribution in [2.24, 2.45) is 5.73 Å². The fraction of sp³-hybridized carbons (Fsp3) is 0.889. The lowest BCUT2D eigenvalue weighted by Crippen LogP contribution is -2.37. The van der Waals surface area contributed by atoms with E-state index in [0.717, 1.165) is 6.42 Å². The van der Waals surface area contributed by atoms with Gasteiger partial charge in [0.1, 0.15) is 5.72 Å². The minimum absolute atomic E-state index is 0.125. The molecule has 0 aromatic heterocycles. The van der Waals surface area contributed by atoms with Crippen molar-refractivity contribution in [2.75, 3.05) is 6.61 Å². The monoisotopic (exact) mass is 301 g/mol. The second kappa shape index (κ2) is 5.38. The number of nitrogens with two attached hydrogens (primary N) is 1. The van der Waals surface area contributed by atoms with E-state index in [1.165, 1.54) is 0 Å². The van der Waals surface area contributed by atoms with Gasteiger partial charge in [0.25, 0.3) is 0 Å². The largest absolute Gasteiger partial charge is 0.361 e.